The molecule has 2 aliphatic rings. The lowest BCUT2D eigenvalue weighted by molar-refractivity contribution is -0.651. The van der Waals surface area contributed by atoms with Crippen LogP contribution in [0.2, 0.25) is 0 Å². The molecule has 2 fully saturated rings. The molecule has 2 saturated heterocycles. The number of fused-ring (bicyclic) bond motifs is 1. The van der Waals surface area contributed by atoms with Gasteiger partial charge in [-0.25, -0.2) is 14.3 Å². The highest BCUT2D eigenvalue weighted by atomic mass is 16.7. The molecule has 0 spiro atoms. The summed E-state index contributed by atoms with van der Waals surface area (Å²) in [6.07, 6.45) is 3.84. The van der Waals surface area contributed by atoms with E-state index in [0.29, 0.717) is 23.6 Å². The standard InChI is InChI=1S/C14H19N6O3/c21-19-13-12(4-3-5-15-13)20(16-19)23-14(17-6-1-2-7-17)18-8-10-22-11-9-18/h3-5H,1-2,6-11H2/q+1. The summed E-state index contributed by atoms with van der Waals surface area (Å²) in [6.45, 7) is 4.76. The van der Waals surface area contributed by atoms with Gasteiger partial charge < -0.3 is 9.94 Å². The number of rotatable bonds is 1. The van der Waals surface area contributed by atoms with Gasteiger partial charge in [0.25, 0.3) is 0 Å². The van der Waals surface area contributed by atoms with Crippen molar-refractivity contribution in [1.29, 1.82) is 0 Å². The van der Waals surface area contributed by atoms with Gasteiger partial charge in [-0.2, -0.15) is 0 Å². The molecule has 122 valence electrons. The normalized spacial score (nSPS) is 18.6. The molecule has 4 heterocycles. The average Bonchev–Trinajstić information content (AvgIpc) is 3.23. The first-order valence-electron chi connectivity index (χ1n) is 7.89. The molecule has 2 aromatic heterocycles. The van der Waals surface area contributed by atoms with Gasteiger partial charge in [0.15, 0.2) is 0 Å². The van der Waals surface area contributed by atoms with Crippen LogP contribution < -0.4 is 9.68 Å². The highest BCUT2D eigenvalue weighted by Crippen LogP contribution is 2.08. The zero-order valence-corrected chi connectivity index (χ0v) is 12.8. The van der Waals surface area contributed by atoms with Gasteiger partial charge in [0.05, 0.1) is 31.5 Å². The fraction of sp³-hybridized carbons (Fsp3) is 0.571. The van der Waals surface area contributed by atoms with Gasteiger partial charge in [-0.15, -0.1) is 9.83 Å². The Morgan fingerprint density at radius 1 is 1.26 bits per heavy atom. The van der Waals surface area contributed by atoms with Gasteiger partial charge >= 0.3 is 11.7 Å². The Labute approximate surface area is 132 Å². The van der Waals surface area contributed by atoms with Gasteiger partial charge in [-0.05, 0) is 25.0 Å². The monoisotopic (exact) mass is 319 g/mol. The molecule has 2 aliphatic heterocycles. The molecule has 0 saturated carbocycles. The first-order chi connectivity index (χ1) is 11.3. The molecule has 0 bridgehead atoms. The molecule has 9 heteroatoms. The minimum Gasteiger partial charge on any atom is -0.721 e. The molecule has 0 aliphatic carbocycles. The molecule has 0 radical (unpaired) electrons. The summed E-state index contributed by atoms with van der Waals surface area (Å²) < 4.78 is 7.62. The van der Waals surface area contributed by atoms with Crippen LogP contribution in [0.25, 0.3) is 11.2 Å². The van der Waals surface area contributed by atoms with E-state index >= 15 is 0 Å². The maximum atomic E-state index is 11.9. The predicted molar refractivity (Wildman–Crippen MR) is 79.7 cm³/mol. The van der Waals surface area contributed by atoms with E-state index in [1.807, 2.05) is 0 Å². The Hall–Kier alpha value is -2.42. The predicted octanol–water partition coefficient (Wildman–Crippen LogP) is -1.01. The van der Waals surface area contributed by atoms with Crippen LogP contribution in [-0.2, 0) is 4.74 Å². The SMILES string of the molecule is [O-][n+]1nn(OC(N2CCOCC2)=[N+]2CCCC2)c2cccnc21. The first kappa shape index (κ1) is 14.2. The van der Waals surface area contributed by atoms with E-state index in [0.717, 1.165) is 45.0 Å². The lowest BCUT2D eigenvalue weighted by Crippen LogP contribution is -2.49. The third-order valence-electron chi connectivity index (χ3n) is 4.14. The largest absolute Gasteiger partial charge is 0.721 e. The van der Waals surface area contributed by atoms with Crippen LogP contribution in [0.3, 0.4) is 0 Å². The van der Waals surface area contributed by atoms with E-state index < -0.39 is 0 Å². The third-order valence-corrected chi connectivity index (χ3v) is 4.14. The van der Waals surface area contributed by atoms with Crippen LogP contribution in [0, 0.1) is 5.21 Å². The summed E-state index contributed by atoms with van der Waals surface area (Å²) in [7, 11) is 0. The lowest BCUT2D eigenvalue weighted by atomic mass is 10.4. The number of ether oxygens (including phenoxy) is 1. The summed E-state index contributed by atoms with van der Waals surface area (Å²) in [5.41, 5.74) is 0.794. The maximum Gasteiger partial charge on any atom is 0.486 e. The third kappa shape index (κ3) is 2.67. The van der Waals surface area contributed by atoms with Gasteiger partial charge in [0, 0.05) is 4.85 Å². The van der Waals surface area contributed by atoms with Crippen LogP contribution in [-0.4, -0.2) is 69.9 Å². The molecule has 4 rings (SSSR count). The summed E-state index contributed by atoms with van der Waals surface area (Å²) >= 11 is 0. The topological polar surface area (TPSA) is 82.4 Å². The molecule has 0 amide bonds. The number of pyridine rings is 1. The first-order valence-corrected chi connectivity index (χ1v) is 7.89. The highest BCUT2D eigenvalue weighted by Gasteiger charge is 2.33. The van der Waals surface area contributed by atoms with E-state index in [4.69, 9.17) is 9.57 Å². The molecule has 0 atom stereocenters. The lowest BCUT2D eigenvalue weighted by Gasteiger charge is -2.22. The van der Waals surface area contributed by atoms with Gasteiger partial charge in [0.1, 0.15) is 19.3 Å². The van der Waals surface area contributed by atoms with Crippen molar-refractivity contribution in [3.63, 3.8) is 0 Å². The van der Waals surface area contributed by atoms with Crippen molar-refractivity contribution in [2.75, 3.05) is 39.4 Å². The van der Waals surface area contributed by atoms with Crippen LogP contribution in [0.4, 0.5) is 0 Å². The zero-order chi connectivity index (χ0) is 15.6. The summed E-state index contributed by atoms with van der Waals surface area (Å²) in [6, 6.07) is 4.26. The number of amidine groups is 1. The van der Waals surface area contributed by atoms with Gasteiger partial charge in [-0.3, -0.25) is 0 Å². The van der Waals surface area contributed by atoms with Crippen LogP contribution in [0.15, 0.2) is 18.3 Å². The number of nitrogens with zero attached hydrogens (tertiary/aromatic N) is 6. The van der Waals surface area contributed by atoms with Crippen LogP contribution >= 0.6 is 0 Å². The number of morpholine rings is 1. The minimum absolute atomic E-state index is 0.246. The van der Waals surface area contributed by atoms with Crippen LogP contribution in [0.1, 0.15) is 12.8 Å². The summed E-state index contributed by atoms with van der Waals surface area (Å²) in [5.74, 6) is 0. The Morgan fingerprint density at radius 2 is 2.04 bits per heavy atom. The second-order valence-corrected chi connectivity index (χ2v) is 5.65. The summed E-state index contributed by atoms with van der Waals surface area (Å²) in [4.78, 5) is 14.0. The van der Waals surface area contributed by atoms with E-state index in [1.165, 1.54) is 4.85 Å². The Balaban J connectivity index is 1.70. The molecule has 0 N–H and O–H groups in total. The van der Waals surface area contributed by atoms with E-state index in [9.17, 15) is 5.21 Å². The molecule has 9 nitrogen and oxygen atoms in total. The van der Waals surface area contributed by atoms with E-state index in [2.05, 4.69) is 19.7 Å². The fourth-order valence-electron chi connectivity index (χ4n) is 2.97. The fourth-order valence-corrected chi connectivity index (χ4v) is 2.97. The Morgan fingerprint density at radius 3 is 2.83 bits per heavy atom. The molecule has 23 heavy (non-hydrogen) atoms. The smallest absolute Gasteiger partial charge is 0.486 e. The van der Waals surface area contributed by atoms with Crippen molar-refractivity contribution < 1.29 is 19.0 Å². The number of aromatic nitrogens is 4. The Kier molecular flexibility index (Phi) is 3.70. The quantitative estimate of drug-likeness (QED) is 0.380. The van der Waals surface area contributed by atoms with E-state index in [-0.39, 0.29) is 5.65 Å². The highest BCUT2D eigenvalue weighted by molar-refractivity contribution is 5.71. The van der Waals surface area contributed by atoms with Crippen molar-refractivity contribution >= 4 is 17.2 Å². The van der Waals surface area contributed by atoms with Crippen molar-refractivity contribution in [1.82, 2.24) is 19.9 Å². The maximum absolute atomic E-state index is 11.9. The zero-order valence-electron chi connectivity index (χ0n) is 12.8. The van der Waals surface area contributed by atoms with Crippen LogP contribution in [0.5, 0.6) is 0 Å². The van der Waals surface area contributed by atoms with Gasteiger partial charge in [-0.1, -0.05) is 0 Å². The van der Waals surface area contributed by atoms with Crippen molar-refractivity contribution in [3.05, 3.63) is 23.5 Å². The van der Waals surface area contributed by atoms with Gasteiger partial charge in [0.2, 0.25) is 5.52 Å². The second-order valence-electron chi connectivity index (χ2n) is 5.65. The van der Waals surface area contributed by atoms with Crippen molar-refractivity contribution in [2.24, 2.45) is 0 Å². The van der Waals surface area contributed by atoms with E-state index in [1.54, 1.807) is 18.3 Å². The second kappa shape index (κ2) is 5.99. The summed E-state index contributed by atoms with van der Waals surface area (Å²) in [5, 5.41) is 15.7. The molecular formula is C14H19N6O3+. The number of hydrogen-bond donors (Lipinski definition) is 0. The minimum atomic E-state index is 0.246. The molecular weight excluding hydrogens is 300 g/mol. The average molecular weight is 319 g/mol. The van der Waals surface area contributed by atoms with Crippen molar-refractivity contribution in [3.8, 4) is 0 Å². The molecule has 0 unspecified atom stereocenters. The van der Waals surface area contributed by atoms with Crippen molar-refractivity contribution in [2.45, 2.75) is 12.8 Å². The molecule has 0 aromatic carbocycles. The molecule has 2 aromatic rings. The number of hydrogen-bond acceptors (Lipinski definition) is 5. The Bertz CT molecular complexity index is 729.